The topological polar surface area (TPSA) is 66.5 Å². The summed E-state index contributed by atoms with van der Waals surface area (Å²) in [7, 11) is 0. The van der Waals surface area contributed by atoms with Gasteiger partial charge in [0.15, 0.2) is 0 Å². The van der Waals surface area contributed by atoms with Crippen LogP contribution in [-0.4, -0.2) is 16.3 Å². The molecule has 1 rings (SSSR count). The van der Waals surface area contributed by atoms with Crippen LogP contribution < -0.4 is 5.73 Å². The Balaban J connectivity index is 0.00000225. The quantitative estimate of drug-likeness (QED) is 0.749. The van der Waals surface area contributed by atoms with Gasteiger partial charge in [0.25, 0.3) is 0 Å². The molecule has 0 spiro atoms. The number of aliphatic hydroxyl groups is 1. The summed E-state index contributed by atoms with van der Waals surface area (Å²) in [6.45, 7) is 5.83. The summed E-state index contributed by atoms with van der Waals surface area (Å²) in [6.07, 6.45) is -0.609. The molecule has 92 valence electrons. The number of aromatic hydroxyl groups is 1. The molecule has 0 fully saturated rings. The van der Waals surface area contributed by atoms with Gasteiger partial charge in [0, 0.05) is 0 Å². The Morgan fingerprint density at radius 1 is 1.12 bits per heavy atom. The van der Waals surface area contributed by atoms with Crippen LogP contribution in [-0.2, 0) is 0 Å². The highest BCUT2D eigenvalue weighted by atomic mass is 35.5. The van der Waals surface area contributed by atoms with Crippen molar-refractivity contribution in [2.45, 2.75) is 32.9 Å². The molecule has 0 saturated heterocycles. The number of nitrogens with two attached hydrogens (primary N) is 1. The van der Waals surface area contributed by atoms with E-state index in [2.05, 4.69) is 0 Å². The summed E-state index contributed by atoms with van der Waals surface area (Å²) >= 11 is 0. The van der Waals surface area contributed by atoms with Crippen molar-refractivity contribution in [3.8, 4) is 5.75 Å². The van der Waals surface area contributed by atoms with Gasteiger partial charge in [-0.3, -0.25) is 0 Å². The van der Waals surface area contributed by atoms with Crippen LogP contribution in [0, 0.1) is 5.41 Å². The van der Waals surface area contributed by atoms with Crippen molar-refractivity contribution in [2.24, 2.45) is 11.1 Å². The van der Waals surface area contributed by atoms with E-state index < -0.39 is 12.1 Å². The first kappa shape index (κ1) is 15.2. The van der Waals surface area contributed by atoms with Crippen LogP contribution in [0.15, 0.2) is 24.3 Å². The predicted molar refractivity (Wildman–Crippen MR) is 67.7 cm³/mol. The largest absolute Gasteiger partial charge is 0.508 e. The van der Waals surface area contributed by atoms with Crippen molar-refractivity contribution in [1.82, 2.24) is 0 Å². The lowest BCUT2D eigenvalue weighted by Crippen LogP contribution is -2.36. The van der Waals surface area contributed by atoms with Crippen LogP contribution in [0.25, 0.3) is 0 Å². The van der Waals surface area contributed by atoms with Gasteiger partial charge in [-0.2, -0.15) is 0 Å². The minimum atomic E-state index is -0.609. The number of halogens is 1. The molecule has 1 aromatic carbocycles. The Hall–Kier alpha value is -0.770. The number of phenolic OH excluding ortho intramolecular Hbond substituents is 1. The Morgan fingerprint density at radius 2 is 1.56 bits per heavy atom. The normalized spacial score (nSPS) is 15.1. The van der Waals surface area contributed by atoms with E-state index >= 15 is 0 Å². The van der Waals surface area contributed by atoms with Gasteiger partial charge in [0.05, 0.1) is 12.1 Å². The molecule has 3 nitrogen and oxygen atoms in total. The van der Waals surface area contributed by atoms with E-state index in [1.807, 2.05) is 20.8 Å². The van der Waals surface area contributed by atoms with Gasteiger partial charge in [-0.15, -0.1) is 12.4 Å². The molecule has 2 atom stereocenters. The Morgan fingerprint density at radius 3 is 1.94 bits per heavy atom. The zero-order valence-corrected chi connectivity index (χ0v) is 10.7. The van der Waals surface area contributed by atoms with Crippen LogP contribution in [0.5, 0.6) is 5.75 Å². The summed E-state index contributed by atoms with van der Waals surface area (Å²) in [4.78, 5) is 0. The Kier molecular flexibility index (Phi) is 5.26. The lowest BCUT2D eigenvalue weighted by atomic mass is 9.82. The van der Waals surface area contributed by atoms with Crippen molar-refractivity contribution < 1.29 is 10.2 Å². The lowest BCUT2D eigenvalue weighted by molar-refractivity contribution is 0.0401. The molecule has 0 aromatic heterocycles. The van der Waals surface area contributed by atoms with E-state index in [1.54, 1.807) is 24.3 Å². The monoisotopic (exact) mass is 245 g/mol. The number of phenols is 1. The van der Waals surface area contributed by atoms with Crippen LogP contribution in [0.2, 0.25) is 0 Å². The molecule has 1 aromatic rings. The molecule has 0 radical (unpaired) electrons. The maximum atomic E-state index is 9.99. The SMILES string of the molecule is CC(C)(C)[C@@H](O)[C@@H](N)c1ccc(O)cc1.Cl. The van der Waals surface area contributed by atoms with Crippen molar-refractivity contribution in [3.63, 3.8) is 0 Å². The first-order chi connectivity index (χ1) is 6.82. The molecule has 0 heterocycles. The zero-order valence-electron chi connectivity index (χ0n) is 9.84. The molecule has 16 heavy (non-hydrogen) atoms. The van der Waals surface area contributed by atoms with Crippen LogP contribution >= 0.6 is 12.4 Å². The van der Waals surface area contributed by atoms with Gasteiger partial charge in [-0.1, -0.05) is 32.9 Å². The van der Waals surface area contributed by atoms with Crippen molar-refractivity contribution in [3.05, 3.63) is 29.8 Å². The number of aliphatic hydroxyl groups excluding tert-OH is 1. The molecular weight excluding hydrogens is 226 g/mol. The highest BCUT2D eigenvalue weighted by Gasteiger charge is 2.28. The minimum absolute atomic E-state index is 0. The fourth-order valence-corrected chi connectivity index (χ4v) is 1.42. The smallest absolute Gasteiger partial charge is 0.115 e. The van der Waals surface area contributed by atoms with E-state index in [4.69, 9.17) is 10.8 Å². The van der Waals surface area contributed by atoms with Crippen molar-refractivity contribution in [2.75, 3.05) is 0 Å². The maximum absolute atomic E-state index is 9.99. The summed E-state index contributed by atoms with van der Waals surface area (Å²) in [6, 6.07) is 6.18. The molecular formula is C12H20ClNO2. The second-order valence-electron chi connectivity index (χ2n) is 4.93. The lowest BCUT2D eigenvalue weighted by Gasteiger charge is -2.31. The number of benzene rings is 1. The molecule has 0 amide bonds. The first-order valence-electron chi connectivity index (χ1n) is 5.05. The molecule has 0 aliphatic carbocycles. The average molecular weight is 246 g/mol. The summed E-state index contributed by atoms with van der Waals surface area (Å²) in [5, 5.41) is 19.1. The zero-order chi connectivity index (χ0) is 11.6. The van der Waals surface area contributed by atoms with E-state index in [9.17, 15) is 5.11 Å². The number of rotatable bonds is 2. The van der Waals surface area contributed by atoms with Crippen LogP contribution in [0.4, 0.5) is 0 Å². The van der Waals surface area contributed by atoms with E-state index in [0.29, 0.717) is 0 Å². The van der Waals surface area contributed by atoms with Crippen molar-refractivity contribution in [1.29, 1.82) is 0 Å². The van der Waals surface area contributed by atoms with Crippen molar-refractivity contribution >= 4 is 12.4 Å². The van der Waals surface area contributed by atoms with Gasteiger partial charge in [-0.25, -0.2) is 0 Å². The third-order valence-corrected chi connectivity index (χ3v) is 2.51. The van der Waals surface area contributed by atoms with E-state index in [0.717, 1.165) is 5.56 Å². The second kappa shape index (κ2) is 5.53. The first-order valence-corrected chi connectivity index (χ1v) is 5.05. The highest BCUT2D eigenvalue weighted by molar-refractivity contribution is 5.85. The molecule has 0 aliphatic heterocycles. The van der Waals surface area contributed by atoms with E-state index in [-0.39, 0.29) is 23.6 Å². The summed E-state index contributed by atoms with van der Waals surface area (Å²) in [5.74, 6) is 0.205. The third-order valence-electron chi connectivity index (χ3n) is 2.51. The van der Waals surface area contributed by atoms with Gasteiger partial charge in [0.2, 0.25) is 0 Å². The second-order valence-corrected chi connectivity index (χ2v) is 4.93. The van der Waals surface area contributed by atoms with Gasteiger partial charge >= 0.3 is 0 Å². The van der Waals surface area contributed by atoms with Gasteiger partial charge in [0.1, 0.15) is 5.75 Å². The Labute approximate surface area is 103 Å². The minimum Gasteiger partial charge on any atom is -0.508 e. The molecule has 0 saturated carbocycles. The Bertz CT molecular complexity index is 319. The molecule has 0 aliphatic rings. The standard InChI is InChI=1S/C12H19NO2.ClH/c1-12(2,3)11(15)10(13)8-4-6-9(14)7-5-8;/h4-7,10-11,14-15H,13H2,1-3H3;1H/t10-,11-;/m0./s1. The summed E-state index contributed by atoms with van der Waals surface area (Å²) < 4.78 is 0. The molecule has 0 unspecified atom stereocenters. The molecule has 0 bridgehead atoms. The molecule has 4 heteroatoms. The predicted octanol–water partition coefficient (Wildman–Crippen LogP) is 2.22. The van der Waals surface area contributed by atoms with Gasteiger partial charge in [-0.05, 0) is 23.1 Å². The summed E-state index contributed by atoms with van der Waals surface area (Å²) in [5.41, 5.74) is 6.52. The maximum Gasteiger partial charge on any atom is 0.115 e. The van der Waals surface area contributed by atoms with Gasteiger partial charge < -0.3 is 15.9 Å². The third kappa shape index (κ3) is 3.67. The van der Waals surface area contributed by atoms with E-state index in [1.165, 1.54) is 0 Å². The van der Waals surface area contributed by atoms with Crippen LogP contribution in [0.3, 0.4) is 0 Å². The average Bonchev–Trinajstić information content (AvgIpc) is 2.15. The molecule has 4 N–H and O–H groups in total. The van der Waals surface area contributed by atoms with Crippen LogP contribution in [0.1, 0.15) is 32.4 Å². The fraction of sp³-hybridized carbons (Fsp3) is 0.500. The highest BCUT2D eigenvalue weighted by Crippen LogP contribution is 2.28. The number of hydrogen-bond acceptors (Lipinski definition) is 3. The number of hydrogen-bond donors (Lipinski definition) is 3. The fourth-order valence-electron chi connectivity index (χ4n) is 1.42.